The van der Waals surface area contributed by atoms with Gasteiger partial charge in [-0.05, 0) is 12.0 Å². The Balaban J connectivity index is 2.78. The zero-order valence-electron chi connectivity index (χ0n) is 8.65. The van der Waals surface area contributed by atoms with Crippen LogP contribution in [-0.4, -0.2) is 16.5 Å². The Morgan fingerprint density at radius 3 is 3.12 bits per heavy atom. The molecule has 1 heterocycles. The molecule has 88 valence electrons. The lowest BCUT2D eigenvalue weighted by atomic mass is 10.2. The lowest BCUT2D eigenvalue weighted by Gasteiger charge is -1.97. The minimum atomic E-state index is -0.541. The molecule has 1 rings (SSSR count). The van der Waals surface area contributed by atoms with Crippen LogP contribution < -0.4 is 0 Å². The number of rotatable bonds is 5. The molecular formula is C9H8ClN5O2. The summed E-state index contributed by atoms with van der Waals surface area (Å²) in [5, 5.41) is 14.1. The maximum atomic E-state index is 10.5. The largest absolute Gasteiger partial charge is 0.288 e. The molecule has 0 spiro atoms. The van der Waals surface area contributed by atoms with E-state index >= 15 is 0 Å². The van der Waals surface area contributed by atoms with Gasteiger partial charge in [0.15, 0.2) is 0 Å². The normalized spacial score (nSPS) is 10.2. The zero-order chi connectivity index (χ0) is 12.7. The standard InChI is InChI=1S/C9H8ClN5O2/c10-9-7(3-1-2-4-13-14-11)5-8(6-12-9)15(16)17/h1,3,5-6H,2,4H2. The third-order valence-electron chi connectivity index (χ3n) is 1.82. The van der Waals surface area contributed by atoms with Gasteiger partial charge >= 0.3 is 0 Å². The summed E-state index contributed by atoms with van der Waals surface area (Å²) in [7, 11) is 0. The van der Waals surface area contributed by atoms with E-state index in [2.05, 4.69) is 15.0 Å². The molecule has 0 amide bonds. The first-order valence-corrected chi connectivity index (χ1v) is 5.00. The second-order valence-corrected chi connectivity index (χ2v) is 3.33. The molecule has 0 bridgehead atoms. The van der Waals surface area contributed by atoms with Crippen LogP contribution in [0.2, 0.25) is 5.15 Å². The zero-order valence-corrected chi connectivity index (χ0v) is 9.41. The van der Waals surface area contributed by atoms with Crippen LogP contribution in [0.4, 0.5) is 5.69 Å². The molecule has 0 aliphatic heterocycles. The Morgan fingerprint density at radius 2 is 2.47 bits per heavy atom. The van der Waals surface area contributed by atoms with E-state index in [1.54, 1.807) is 12.2 Å². The van der Waals surface area contributed by atoms with E-state index in [1.165, 1.54) is 6.07 Å². The van der Waals surface area contributed by atoms with Crippen molar-refractivity contribution in [2.75, 3.05) is 6.54 Å². The van der Waals surface area contributed by atoms with E-state index < -0.39 is 4.92 Å². The molecule has 0 saturated carbocycles. The third kappa shape index (κ3) is 4.10. The summed E-state index contributed by atoms with van der Waals surface area (Å²) >= 11 is 5.77. The molecule has 0 N–H and O–H groups in total. The highest BCUT2D eigenvalue weighted by Crippen LogP contribution is 2.20. The predicted octanol–water partition coefficient (Wildman–Crippen LogP) is 3.36. The van der Waals surface area contributed by atoms with Crippen molar-refractivity contribution in [2.45, 2.75) is 6.42 Å². The predicted molar refractivity (Wildman–Crippen MR) is 63.6 cm³/mol. The van der Waals surface area contributed by atoms with Crippen molar-refractivity contribution in [2.24, 2.45) is 5.11 Å². The van der Waals surface area contributed by atoms with Crippen LogP contribution in [0.5, 0.6) is 0 Å². The molecule has 0 aliphatic carbocycles. The van der Waals surface area contributed by atoms with Gasteiger partial charge < -0.3 is 0 Å². The second kappa shape index (κ2) is 6.47. The van der Waals surface area contributed by atoms with E-state index in [-0.39, 0.29) is 10.8 Å². The van der Waals surface area contributed by atoms with E-state index in [0.717, 1.165) is 6.20 Å². The molecule has 1 aromatic rings. The van der Waals surface area contributed by atoms with Crippen molar-refractivity contribution >= 4 is 23.4 Å². The second-order valence-electron chi connectivity index (χ2n) is 2.98. The minimum absolute atomic E-state index is 0.121. The van der Waals surface area contributed by atoms with Gasteiger partial charge in [-0.15, -0.1) is 0 Å². The van der Waals surface area contributed by atoms with Crippen LogP contribution in [0.15, 0.2) is 23.5 Å². The summed E-state index contributed by atoms with van der Waals surface area (Å²) in [6.45, 7) is 0.326. The average molecular weight is 254 g/mol. The number of azide groups is 1. The summed E-state index contributed by atoms with van der Waals surface area (Å²) in [5.74, 6) is 0. The van der Waals surface area contributed by atoms with Gasteiger partial charge in [-0.3, -0.25) is 10.1 Å². The van der Waals surface area contributed by atoms with Gasteiger partial charge in [-0.1, -0.05) is 28.9 Å². The number of halogens is 1. The van der Waals surface area contributed by atoms with Crippen LogP contribution in [-0.2, 0) is 0 Å². The SMILES string of the molecule is [N-]=[N+]=NCCC=Cc1cc([N+](=O)[O-])cnc1Cl. The van der Waals surface area contributed by atoms with Gasteiger partial charge in [-0.25, -0.2) is 4.98 Å². The van der Waals surface area contributed by atoms with Gasteiger partial charge in [0.05, 0.1) is 4.92 Å². The third-order valence-corrected chi connectivity index (χ3v) is 2.13. The van der Waals surface area contributed by atoms with Crippen LogP contribution in [0.1, 0.15) is 12.0 Å². The van der Waals surface area contributed by atoms with Crippen molar-refractivity contribution in [3.63, 3.8) is 0 Å². The van der Waals surface area contributed by atoms with Crippen molar-refractivity contribution < 1.29 is 4.92 Å². The van der Waals surface area contributed by atoms with E-state index in [4.69, 9.17) is 17.1 Å². The Kier molecular flexibility index (Phi) is 4.93. The quantitative estimate of drug-likeness (QED) is 0.153. The van der Waals surface area contributed by atoms with E-state index in [0.29, 0.717) is 18.5 Å². The summed E-state index contributed by atoms with van der Waals surface area (Å²) in [6, 6.07) is 1.33. The number of pyridine rings is 1. The highest BCUT2D eigenvalue weighted by Gasteiger charge is 2.08. The van der Waals surface area contributed by atoms with Crippen LogP contribution in [0.25, 0.3) is 16.5 Å². The van der Waals surface area contributed by atoms with E-state index in [1.807, 2.05) is 0 Å². The molecular weight excluding hydrogens is 246 g/mol. The van der Waals surface area contributed by atoms with Crippen LogP contribution in [0, 0.1) is 10.1 Å². The fourth-order valence-electron chi connectivity index (χ4n) is 1.06. The molecule has 0 aliphatic rings. The first kappa shape index (κ1) is 13.0. The fraction of sp³-hybridized carbons (Fsp3) is 0.222. The Labute approximate surface area is 102 Å². The maximum Gasteiger partial charge on any atom is 0.288 e. The lowest BCUT2D eigenvalue weighted by Crippen LogP contribution is -1.91. The Morgan fingerprint density at radius 1 is 1.71 bits per heavy atom. The number of aromatic nitrogens is 1. The first-order valence-electron chi connectivity index (χ1n) is 4.62. The van der Waals surface area contributed by atoms with Crippen LogP contribution >= 0.6 is 11.6 Å². The minimum Gasteiger partial charge on any atom is -0.258 e. The molecule has 8 heteroatoms. The topological polar surface area (TPSA) is 105 Å². The molecule has 0 saturated heterocycles. The Bertz CT molecular complexity index is 496. The van der Waals surface area contributed by atoms with E-state index in [9.17, 15) is 10.1 Å². The number of nitro groups is 1. The highest BCUT2D eigenvalue weighted by molar-refractivity contribution is 6.30. The van der Waals surface area contributed by atoms with Gasteiger partial charge in [-0.2, -0.15) is 0 Å². The molecule has 1 aromatic heterocycles. The molecule has 0 unspecified atom stereocenters. The van der Waals surface area contributed by atoms with Crippen molar-refractivity contribution in [1.29, 1.82) is 0 Å². The van der Waals surface area contributed by atoms with Crippen LogP contribution in [0.3, 0.4) is 0 Å². The van der Waals surface area contributed by atoms with Gasteiger partial charge in [0.1, 0.15) is 11.3 Å². The monoisotopic (exact) mass is 253 g/mol. The molecule has 17 heavy (non-hydrogen) atoms. The molecule has 0 atom stereocenters. The summed E-state index contributed by atoms with van der Waals surface area (Å²) < 4.78 is 0. The Hall–Kier alpha value is -2.11. The van der Waals surface area contributed by atoms with Crippen molar-refractivity contribution in [1.82, 2.24) is 4.98 Å². The van der Waals surface area contributed by atoms with Gasteiger partial charge in [0.25, 0.3) is 5.69 Å². The summed E-state index contributed by atoms with van der Waals surface area (Å²) in [6.07, 6.45) is 4.94. The highest BCUT2D eigenvalue weighted by atomic mass is 35.5. The maximum absolute atomic E-state index is 10.5. The molecule has 0 fully saturated rings. The summed E-state index contributed by atoms with van der Waals surface area (Å²) in [5.41, 5.74) is 8.39. The number of hydrogen-bond donors (Lipinski definition) is 0. The van der Waals surface area contributed by atoms with Gasteiger partial charge in [0.2, 0.25) is 0 Å². The summed E-state index contributed by atoms with van der Waals surface area (Å²) in [4.78, 5) is 16.3. The fourth-order valence-corrected chi connectivity index (χ4v) is 1.22. The number of nitrogens with zero attached hydrogens (tertiary/aromatic N) is 5. The van der Waals surface area contributed by atoms with Crippen molar-refractivity contribution in [3.8, 4) is 0 Å². The van der Waals surface area contributed by atoms with Crippen molar-refractivity contribution in [3.05, 3.63) is 49.6 Å². The molecule has 0 aromatic carbocycles. The lowest BCUT2D eigenvalue weighted by molar-refractivity contribution is -0.385. The molecule has 0 radical (unpaired) electrons. The van der Waals surface area contributed by atoms with Gasteiger partial charge in [0, 0.05) is 23.1 Å². The number of hydrogen-bond acceptors (Lipinski definition) is 4. The first-order chi connectivity index (χ1) is 8.15. The smallest absolute Gasteiger partial charge is 0.258 e. The molecule has 7 nitrogen and oxygen atoms in total. The average Bonchev–Trinajstić information content (AvgIpc) is 2.30.